The summed E-state index contributed by atoms with van der Waals surface area (Å²) in [5.41, 5.74) is 3.51. The quantitative estimate of drug-likeness (QED) is 0.784. The highest BCUT2D eigenvalue weighted by Crippen LogP contribution is 2.30. The maximum absolute atomic E-state index is 6.01. The lowest BCUT2D eigenvalue weighted by atomic mass is 10.1. The third-order valence-electron chi connectivity index (χ3n) is 4.63. The van der Waals surface area contributed by atoms with Gasteiger partial charge in [-0.05, 0) is 38.5 Å². The van der Waals surface area contributed by atoms with Crippen LogP contribution < -0.4 is 5.32 Å². The van der Waals surface area contributed by atoms with Crippen LogP contribution in [0.15, 0.2) is 42.9 Å². The molecule has 4 rings (SSSR count). The van der Waals surface area contributed by atoms with E-state index in [9.17, 15) is 0 Å². The topological polar surface area (TPSA) is 56.4 Å². The molecule has 1 N–H and O–H groups in total. The number of ether oxygens (including phenoxy) is 1. The summed E-state index contributed by atoms with van der Waals surface area (Å²) in [4.78, 5) is 0. The van der Waals surface area contributed by atoms with E-state index in [-0.39, 0.29) is 12.1 Å². The van der Waals surface area contributed by atoms with Crippen LogP contribution >= 0.6 is 0 Å². The van der Waals surface area contributed by atoms with Crippen LogP contribution in [0.4, 0.5) is 0 Å². The van der Waals surface area contributed by atoms with E-state index < -0.39 is 0 Å². The van der Waals surface area contributed by atoms with Crippen LogP contribution in [0.5, 0.6) is 0 Å². The Balaban J connectivity index is 1.50. The normalized spacial score (nSPS) is 21.1. The van der Waals surface area contributed by atoms with Crippen LogP contribution in [-0.2, 0) is 11.3 Å². The molecular formula is C18H23N5O. The van der Waals surface area contributed by atoms with E-state index in [2.05, 4.69) is 46.2 Å². The number of aromatic nitrogens is 4. The molecule has 126 valence electrons. The number of hydrogen-bond donors (Lipinski definition) is 1. The molecule has 1 aliphatic heterocycles. The molecule has 24 heavy (non-hydrogen) atoms. The second-order valence-electron chi connectivity index (χ2n) is 6.56. The molecule has 1 fully saturated rings. The van der Waals surface area contributed by atoms with Crippen molar-refractivity contribution < 1.29 is 4.74 Å². The Labute approximate surface area is 141 Å². The van der Waals surface area contributed by atoms with Crippen molar-refractivity contribution in [1.29, 1.82) is 0 Å². The second kappa shape index (κ2) is 6.37. The molecule has 0 aliphatic carbocycles. The number of fused-ring (bicyclic) bond motifs is 1. The minimum absolute atomic E-state index is 0.0525. The highest BCUT2D eigenvalue weighted by Gasteiger charge is 2.32. The molecule has 0 radical (unpaired) electrons. The maximum atomic E-state index is 6.01. The van der Waals surface area contributed by atoms with Crippen molar-refractivity contribution in [1.82, 2.24) is 24.7 Å². The van der Waals surface area contributed by atoms with Gasteiger partial charge in [0.25, 0.3) is 0 Å². The van der Waals surface area contributed by atoms with E-state index in [4.69, 9.17) is 4.74 Å². The SMILES string of the molecule is CC(C)n1nccc1[C@H]1OCC[C@@H]1NCc1cnn2ccccc12. The summed E-state index contributed by atoms with van der Waals surface area (Å²) >= 11 is 0. The first-order chi connectivity index (χ1) is 11.7. The average molecular weight is 325 g/mol. The molecule has 0 bridgehead atoms. The number of rotatable bonds is 5. The van der Waals surface area contributed by atoms with Crippen LogP contribution in [0.3, 0.4) is 0 Å². The maximum Gasteiger partial charge on any atom is 0.114 e. The number of nitrogens with one attached hydrogen (secondary N) is 1. The standard InChI is InChI=1S/C18H23N5O/c1-13(2)23-17(6-8-20-23)18-15(7-10-24-18)19-11-14-12-21-22-9-4-3-5-16(14)22/h3-6,8-9,12-13,15,18-19H,7,10-11H2,1-2H3/t15-,18-/m0/s1. The summed E-state index contributed by atoms with van der Waals surface area (Å²) in [5, 5.41) is 12.5. The summed E-state index contributed by atoms with van der Waals surface area (Å²) in [6, 6.07) is 8.83. The summed E-state index contributed by atoms with van der Waals surface area (Å²) in [6.45, 7) is 5.86. The second-order valence-corrected chi connectivity index (χ2v) is 6.56. The van der Waals surface area contributed by atoms with Crippen molar-refractivity contribution >= 4 is 5.52 Å². The molecule has 4 heterocycles. The predicted molar refractivity (Wildman–Crippen MR) is 91.7 cm³/mol. The smallest absolute Gasteiger partial charge is 0.114 e. The van der Waals surface area contributed by atoms with Crippen LogP contribution in [0.1, 0.15) is 43.7 Å². The third kappa shape index (κ3) is 2.72. The van der Waals surface area contributed by atoms with Gasteiger partial charge in [0.15, 0.2) is 0 Å². The van der Waals surface area contributed by atoms with Crippen LogP contribution in [0, 0.1) is 0 Å². The molecule has 3 aromatic heterocycles. The monoisotopic (exact) mass is 325 g/mol. The van der Waals surface area contributed by atoms with Crippen LogP contribution in [0.25, 0.3) is 5.52 Å². The molecule has 0 unspecified atom stereocenters. The Morgan fingerprint density at radius 3 is 3.08 bits per heavy atom. The molecule has 2 atom stereocenters. The first-order valence-corrected chi connectivity index (χ1v) is 8.53. The fraction of sp³-hybridized carbons (Fsp3) is 0.444. The summed E-state index contributed by atoms with van der Waals surface area (Å²) < 4.78 is 9.98. The van der Waals surface area contributed by atoms with Gasteiger partial charge in [-0.15, -0.1) is 0 Å². The molecule has 3 aromatic rings. The van der Waals surface area contributed by atoms with Crippen molar-refractivity contribution in [2.75, 3.05) is 6.61 Å². The molecule has 0 spiro atoms. The zero-order chi connectivity index (χ0) is 16.5. The van der Waals surface area contributed by atoms with Gasteiger partial charge < -0.3 is 10.1 Å². The Kier molecular flexibility index (Phi) is 4.08. The van der Waals surface area contributed by atoms with E-state index in [1.807, 2.05) is 35.2 Å². The van der Waals surface area contributed by atoms with Crippen LogP contribution in [-0.4, -0.2) is 32.0 Å². The molecule has 6 heteroatoms. The van der Waals surface area contributed by atoms with Crippen molar-refractivity contribution in [3.63, 3.8) is 0 Å². The van der Waals surface area contributed by atoms with Gasteiger partial charge in [-0.1, -0.05) is 6.07 Å². The number of pyridine rings is 1. The Morgan fingerprint density at radius 1 is 1.29 bits per heavy atom. The van der Waals surface area contributed by atoms with Gasteiger partial charge in [0.2, 0.25) is 0 Å². The first-order valence-electron chi connectivity index (χ1n) is 8.53. The first kappa shape index (κ1) is 15.4. The van der Waals surface area contributed by atoms with E-state index in [1.165, 1.54) is 5.56 Å². The molecule has 1 saturated heterocycles. The highest BCUT2D eigenvalue weighted by molar-refractivity contribution is 5.53. The summed E-state index contributed by atoms with van der Waals surface area (Å²) in [6.07, 6.45) is 6.83. The fourth-order valence-electron chi connectivity index (χ4n) is 3.44. The number of nitrogens with zero attached hydrogens (tertiary/aromatic N) is 4. The Hall–Kier alpha value is -2.18. The minimum atomic E-state index is 0.0525. The molecule has 6 nitrogen and oxygen atoms in total. The summed E-state index contributed by atoms with van der Waals surface area (Å²) in [7, 11) is 0. The van der Waals surface area contributed by atoms with Crippen molar-refractivity contribution in [3.8, 4) is 0 Å². The Morgan fingerprint density at radius 2 is 2.21 bits per heavy atom. The number of hydrogen-bond acceptors (Lipinski definition) is 4. The van der Waals surface area contributed by atoms with Gasteiger partial charge in [0.1, 0.15) is 6.10 Å². The lowest BCUT2D eigenvalue weighted by Crippen LogP contribution is -2.32. The molecule has 0 amide bonds. The largest absolute Gasteiger partial charge is 0.370 e. The van der Waals surface area contributed by atoms with Gasteiger partial charge in [-0.3, -0.25) is 4.68 Å². The van der Waals surface area contributed by atoms with E-state index >= 15 is 0 Å². The predicted octanol–water partition coefficient (Wildman–Crippen LogP) is 2.73. The van der Waals surface area contributed by atoms with E-state index in [0.29, 0.717) is 6.04 Å². The van der Waals surface area contributed by atoms with Crippen molar-refractivity contribution in [2.24, 2.45) is 0 Å². The lowest BCUT2D eigenvalue weighted by Gasteiger charge is -2.22. The van der Waals surface area contributed by atoms with Gasteiger partial charge in [0.05, 0.1) is 17.4 Å². The molecule has 1 aliphatic rings. The van der Waals surface area contributed by atoms with Crippen molar-refractivity contribution in [2.45, 2.75) is 45.0 Å². The van der Waals surface area contributed by atoms with Gasteiger partial charge in [0, 0.05) is 43.2 Å². The summed E-state index contributed by atoms with van der Waals surface area (Å²) in [5.74, 6) is 0. The van der Waals surface area contributed by atoms with E-state index in [0.717, 1.165) is 30.8 Å². The van der Waals surface area contributed by atoms with Crippen molar-refractivity contribution in [3.05, 3.63) is 54.1 Å². The molecule has 0 saturated carbocycles. The minimum Gasteiger partial charge on any atom is -0.370 e. The molecule has 0 aromatic carbocycles. The zero-order valence-corrected chi connectivity index (χ0v) is 14.1. The zero-order valence-electron chi connectivity index (χ0n) is 14.1. The Bertz CT molecular complexity index is 822. The van der Waals surface area contributed by atoms with E-state index in [1.54, 1.807) is 0 Å². The fourth-order valence-corrected chi connectivity index (χ4v) is 3.44. The van der Waals surface area contributed by atoms with Crippen LogP contribution in [0.2, 0.25) is 0 Å². The average Bonchev–Trinajstić information content (AvgIpc) is 3.31. The lowest BCUT2D eigenvalue weighted by molar-refractivity contribution is 0.0899. The van der Waals surface area contributed by atoms with Gasteiger partial charge >= 0.3 is 0 Å². The van der Waals surface area contributed by atoms with Gasteiger partial charge in [-0.25, -0.2) is 4.52 Å². The molecular weight excluding hydrogens is 302 g/mol. The highest BCUT2D eigenvalue weighted by atomic mass is 16.5. The third-order valence-corrected chi connectivity index (χ3v) is 4.63. The van der Waals surface area contributed by atoms with Gasteiger partial charge in [-0.2, -0.15) is 10.2 Å².